The summed E-state index contributed by atoms with van der Waals surface area (Å²) >= 11 is 5.65. The van der Waals surface area contributed by atoms with Gasteiger partial charge in [-0.2, -0.15) is 0 Å². The molecule has 29 heavy (non-hydrogen) atoms. The van der Waals surface area contributed by atoms with Crippen LogP contribution in [0.25, 0.3) is 0 Å². The maximum Gasteiger partial charge on any atom is 0.306 e. The molecule has 0 fully saturated rings. The zero-order valence-corrected chi connectivity index (χ0v) is 20.9. The molecule has 0 spiro atoms. The highest BCUT2D eigenvalue weighted by Crippen LogP contribution is 2.11. The summed E-state index contributed by atoms with van der Waals surface area (Å²) < 4.78 is 50.1. The van der Waals surface area contributed by atoms with E-state index in [1.807, 2.05) is 0 Å². The number of allylic oxidation sites excluding steroid dienone is 2. The fourth-order valence-electron chi connectivity index (χ4n) is 2.76. The molecule has 0 aliphatic rings. The van der Waals surface area contributed by atoms with Crippen LogP contribution in [0.5, 0.6) is 0 Å². The second-order valence-electron chi connectivity index (χ2n) is 8.55. The number of carbonyl (C=O) groups excluding carboxylic acids is 1. The Morgan fingerprint density at radius 1 is 0.966 bits per heavy atom. The van der Waals surface area contributed by atoms with Crippen LogP contribution in [0.2, 0.25) is 19.6 Å². The van der Waals surface area contributed by atoms with Gasteiger partial charge in [0.15, 0.2) is 8.32 Å². The van der Waals surface area contributed by atoms with Gasteiger partial charge in [-0.25, -0.2) is 0 Å². The van der Waals surface area contributed by atoms with Crippen LogP contribution in [0.4, 0.5) is 0 Å². The number of ether oxygens (including phenoxy) is 1. The standard InChI is InChI=1S/C24H47ClO3Si/c1-5-6-7-8-9-10-11-12-13-14-15-16-17-18-19-20-24(26)28-23(21-25)22-27-29(2,3)4/h12-13,23H,5-11,14-22H2,1-4H3/b13-12-/i21D2,22D2,23D. The van der Waals surface area contributed by atoms with Crippen LogP contribution in [0, 0.1) is 0 Å². The van der Waals surface area contributed by atoms with Crippen LogP contribution < -0.4 is 0 Å². The number of alkyl halides is 1. The monoisotopic (exact) mass is 451 g/mol. The Morgan fingerprint density at radius 3 is 2.00 bits per heavy atom. The lowest BCUT2D eigenvalue weighted by Crippen LogP contribution is -2.33. The SMILES string of the molecule is [2H]C([2H])(Cl)C([2H])(OC(=O)CCCCCCC/C=C\CCCCCCCC)C([2H])([2H])O[Si](C)(C)C. The third-order valence-corrected chi connectivity index (χ3v) is 5.28. The molecule has 0 rings (SSSR count). The third-order valence-electron chi connectivity index (χ3n) is 4.39. The molecule has 0 aromatic rings. The third kappa shape index (κ3) is 22.2. The van der Waals surface area contributed by atoms with E-state index in [0.29, 0.717) is 6.42 Å². The number of carbonyl (C=O) groups is 1. The zero-order valence-electron chi connectivity index (χ0n) is 24.2. The van der Waals surface area contributed by atoms with Gasteiger partial charge >= 0.3 is 5.97 Å². The largest absolute Gasteiger partial charge is 0.459 e. The van der Waals surface area contributed by atoms with Gasteiger partial charge in [-0.3, -0.25) is 4.79 Å². The van der Waals surface area contributed by atoms with Crippen LogP contribution in [0.15, 0.2) is 12.2 Å². The Morgan fingerprint density at radius 2 is 1.48 bits per heavy atom. The molecule has 172 valence electrons. The van der Waals surface area contributed by atoms with Gasteiger partial charge in [0.05, 0.1) is 16.5 Å². The summed E-state index contributed by atoms with van der Waals surface area (Å²) in [6, 6.07) is 0. The van der Waals surface area contributed by atoms with Crippen LogP contribution >= 0.6 is 11.6 Å². The van der Waals surface area contributed by atoms with E-state index in [4.69, 9.17) is 27.6 Å². The molecule has 0 aromatic heterocycles. The fourth-order valence-corrected chi connectivity index (χ4v) is 3.24. The summed E-state index contributed by atoms with van der Waals surface area (Å²) in [5.41, 5.74) is 0. The van der Waals surface area contributed by atoms with Crippen molar-refractivity contribution in [1.29, 1.82) is 0 Å². The first-order chi connectivity index (χ1) is 15.7. The molecule has 0 aliphatic heterocycles. The minimum atomic E-state index is -3.01. The Balaban J connectivity index is 4.17. The van der Waals surface area contributed by atoms with Crippen molar-refractivity contribution in [2.45, 2.75) is 123 Å². The fraction of sp³-hybridized carbons (Fsp3) is 0.875. The first kappa shape index (κ1) is 20.6. The van der Waals surface area contributed by atoms with Gasteiger partial charge in [-0.1, -0.05) is 70.4 Å². The molecule has 0 saturated heterocycles. The van der Waals surface area contributed by atoms with Gasteiger partial charge in [0.1, 0.15) is 6.08 Å². The van der Waals surface area contributed by atoms with E-state index in [2.05, 4.69) is 19.1 Å². The Bertz CT molecular complexity index is 594. The van der Waals surface area contributed by atoms with E-state index in [1.165, 1.54) is 38.5 Å². The van der Waals surface area contributed by atoms with Crippen molar-refractivity contribution in [1.82, 2.24) is 0 Å². The van der Waals surface area contributed by atoms with E-state index in [-0.39, 0.29) is 6.42 Å². The number of hydrogen-bond donors (Lipinski definition) is 0. The van der Waals surface area contributed by atoms with Crippen molar-refractivity contribution >= 4 is 25.9 Å². The van der Waals surface area contributed by atoms with Crippen molar-refractivity contribution in [3.05, 3.63) is 12.2 Å². The zero-order chi connectivity index (χ0) is 26.3. The van der Waals surface area contributed by atoms with Crippen molar-refractivity contribution in [2.24, 2.45) is 0 Å². The quantitative estimate of drug-likeness (QED) is 0.0617. The number of unbranched alkanes of at least 4 members (excludes halogenated alkanes) is 11. The first-order valence-electron chi connectivity index (χ1n) is 13.9. The normalized spacial score (nSPS) is 17.8. The number of halogens is 1. The molecule has 0 amide bonds. The summed E-state index contributed by atoms with van der Waals surface area (Å²) in [6.45, 7) is 4.44. The van der Waals surface area contributed by atoms with Crippen molar-refractivity contribution in [3.63, 3.8) is 0 Å². The van der Waals surface area contributed by atoms with Gasteiger partial charge in [0.2, 0.25) is 0 Å². The van der Waals surface area contributed by atoms with Crippen molar-refractivity contribution in [3.8, 4) is 0 Å². The smallest absolute Gasteiger partial charge is 0.306 e. The van der Waals surface area contributed by atoms with Crippen molar-refractivity contribution in [2.75, 3.05) is 12.4 Å². The number of esters is 1. The molecule has 0 bridgehead atoms. The average Bonchev–Trinajstić information content (AvgIpc) is 2.68. The predicted octanol–water partition coefficient (Wildman–Crippen LogP) is 8.03. The van der Waals surface area contributed by atoms with E-state index < -0.39 is 32.8 Å². The van der Waals surface area contributed by atoms with Crippen LogP contribution in [-0.2, 0) is 14.0 Å². The molecule has 0 N–H and O–H groups in total. The molecule has 3 nitrogen and oxygen atoms in total. The minimum absolute atomic E-state index is 0.0191. The first-order valence-corrected chi connectivity index (χ1v) is 15.2. The summed E-state index contributed by atoms with van der Waals surface area (Å²) in [7, 11) is -2.51. The Labute approximate surface area is 194 Å². The van der Waals surface area contributed by atoms with Gasteiger partial charge in [0, 0.05) is 9.16 Å². The van der Waals surface area contributed by atoms with Gasteiger partial charge < -0.3 is 9.16 Å². The molecule has 5 heteroatoms. The van der Waals surface area contributed by atoms with Gasteiger partial charge in [-0.15, -0.1) is 11.6 Å². The van der Waals surface area contributed by atoms with E-state index >= 15 is 0 Å². The summed E-state index contributed by atoms with van der Waals surface area (Å²) in [5, 5.41) is 0. The predicted molar refractivity (Wildman–Crippen MR) is 129 cm³/mol. The number of rotatable bonds is 20. The topological polar surface area (TPSA) is 35.5 Å². The molecule has 0 saturated carbocycles. The minimum Gasteiger partial charge on any atom is -0.459 e. The lowest BCUT2D eigenvalue weighted by atomic mass is 10.1. The highest BCUT2D eigenvalue weighted by atomic mass is 35.5. The number of hydrogen-bond acceptors (Lipinski definition) is 3. The second kappa shape index (κ2) is 19.6. The van der Waals surface area contributed by atoms with Crippen LogP contribution in [-0.4, -0.2) is 32.8 Å². The Kier molecular flexibility index (Phi) is 13.9. The molecule has 0 radical (unpaired) electrons. The maximum absolute atomic E-state index is 12.3. The summed E-state index contributed by atoms with van der Waals surface area (Å²) in [4.78, 5) is 12.3. The molecule has 0 aliphatic carbocycles. The maximum atomic E-state index is 12.3. The lowest BCUT2D eigenvalue weighted by Gasteiger charge is -2.22. The van der Waals surface area contributed by atoms with E-state index in [1.54, 1.807) is 19.6 Å². The van der Waals surface area contributed by atoms with Gasteiger partial charge in [0.25, 0.3) is 0 Å². The summed E-state index contributed by atoms with van der Waals surface area (Å²) in [5.74, 6) is -3.81. The average molecular weight is 452 g/mol. The summed E-state index contributed by atoms with van der Waals surface area (Å²) in [6.07, 6.45) is 16.1. The highest BCUT2D eigenvalue weighted by molar-refractivity contribution is 6.69. The molecule has 0 aromatic carbocycles. The van der Waals surface area contributed by atoms with Crippen LogP contribution in [0.1, 0.15) is 104 Å². The molecule has 1 atom stereocenters. The van der Waals surface area contributed by atoms with Crippen molar-refractivity contribution < 1.29 is 20.8 Å². The van der Waals surface area contributed by atoms with E-state index in [9.17, 15) is 4.79 Å². The Hall–Kier alpha value is -0.323. The van der Waals surface area contributed by atoms with Crippen LogP contribution in [0.3, 0.4) is 0 Å². The molecular formula is C24H47ClO3Si. The van der Waals surface area contributed by atoms with E-state index in [0.717, 1.165) is 38.5 Å². The molecular weight excluding hydrogens is 400 g/mol. The molecule has 0 heterocycles. The molecule has 1 unspecified atom stereocenters. The van der Waals surface area contributed by atoms with Gasteiger partial charge in [-0.05, 0) is 51.7 Å². The second-order valence-corrected chi connectivity index (χ2v) is 13.2. The lowest BCUT2D eigenvalue weighted by molar-refractivity contribution is -0.149. The highest BCUT2D eigenvalue weighted by Gasteiger charge is 2.19.